The van der Waals surface area contributed by atoms with E-state index in [2.05, 4.69) is 12.1 Å². The van der Waals surface area contributed by atoms with Crippen LogP contribution >= 0.6 is 0 Å². The van der Waals surface area contributed by atoms with Gasteiger partial charge < -0.3 is 15.2 Å². The van der Waals surface area contributed by atoms with E-state index in [0.717, 1.165) is 28.2 Å². The molecule has 0 saturated heterocycles. The van der Waals surface area contributed by atoms with Crippen molar-refractivity contribution in [2.75, 3.05) is 13.2 Å². The van der Waals surface area contributed by atoms with Crippen molar-refractivity contribution >= 4 is 0 Å². The molecule has 2 aromatic carbocycles. The monoisotopic (exact) mass is 255 g/mol. The Labute approximate surface area is 113 Å². The van der Waals surface area contributed by atoms with Crippen LogP contribution in [0, 0.1) is 0 Å². The lowest BCUT2D eigenvalue weighted by molar-refractivity contribution is 0.171. The van der Waals surface area contributed by atoms with Crippen LogP contribution in [0.5, 0.6) is 11.5 Å². The van der Waals surface area contributed by atoms with Gasteiger partial charge in [0.2, 0.25) is 0 Å². The Kier molecular flexibility index (Phi) is 3.13. The Balaban J connectivity index is 2.00. The molecule has 1 aliphatic heterocycles. The fraction of sp³-hybridized carbons (Fsp3) is 0.250. The van der Waals surface area contributed by atoms with E-state index in [9.17, 15) is 0 Å². The first-order chi connectivity index (χ1) is 9.24. The number of benzene rings is 2. The van der Waals surface area contributed by atoms with E-state index in [1.54, 1.807) is 0 Å². The second-order valence-corrected chi connectivity index (χ2v) is 4.77. The first kappa shape index (κ1) is 12.1. The van der Waals surface area contributed by atoms with Gasteiger partial charge in [-0.05, 0) is 41.8 Å². The minimum atomic E-state index is 0.0390. The van der Waals surface area contributed by atoms with Gasteiger partial charge in [-0.2, -0.15) is 0 Å². The molecular formula is C16H17NO2. The van der Waals surface area contributed by atoms with Crippen LogP contribution in [0.2, 0.25) is 0 Å². The van der Waals surface area contributed by atoms with Crippen LogP contribution in [-0.2, 0) is 0 Å². The molecule has 0 radical (unpaired) electrons. The van der Waals surface area contributed by atoms with E-state index in [1.807, 2.05) is 37.3 Å². The molecule has 2 aromatic rings. The van der Waals surface area contributed by atoms with Crippen molar-refractivity contribution in [2.24, 2.45) is 5.73 Å². The van der Waals surface area contributed by atoms with Gasteiger partial charge in [-0.1, -0.05) is 24.3 Å². The zero-order chi connectivity index (χ0) is 13.2. The Morgan fingerprint density at radius 1 is 0.947 bits per heavy atom. The van der Waals surface area contributed by atoms with Crippen LogP contribution in [0.25, 0.3) is 11.1 Å². The summed E-state index contributed by atoms with van der Waals surface area (Å²) in [5.41, 5.74) is 9.32. The molecule has 98 valence electrons. The maximum Gasteiger partial charge on any atom is 0.161 e. The Hall–Kier alpha value is -2.00. The van der Waals surface area contributed by atoms with Crippen molar-refractivity contribution in [2.45, 2.75) is 13.0 Å². The van der Waals surface area contributed by atoms with Gasteiger partial charge in [0.1, 0.15) is 13.2 Å². The zero-order valence-electron chi connectivity index (χ0n) is 10.9. The van der Waals surface area contributed by atoms with Gasteiger partial charge in [0, 0.05) is 6.04 Å². The summed E-state index contributed by atoms with van der Waals surface area (Å²) < 4.78 is 11.1. The zero-order valence-corrected chi connectivity index (χ0v) is 10.9. The standard InChI is InChI=1S/C16H17NO2/c1-11(17)12-3-2-4-13(9-12)14-5-6-15-16(10-14)19-8-7-18-15/h2-6,9-11H,7-8,17H2,1H3. The molecule has 3 nitrogen and oxygen atoms in total. The lowest BCUT2D eigenvalue weighted by Crippen LogP contribution is -2.15. The summed E-state index contributed by atoms with van der Waals surface area (Å²) in [6.07, 6.45) is 0. The minimum Gasteiger partial charge on any atom is -0.486 e. The fourth-order valence-corrected chi connectivity index (χ4v) is 2.22. The molecule has 3 rings (SSSR count). The predicted octanol–water partition coefficient (Wildman–Crippen LogP) is 3.14. The maximum absolute atomic E-state index is 5.93. The molecule has 1 heterocycles. The highest BCUT2D eigenvalue weighted by molar-refractivity contribution is 5.68. The molecule has 0 bridgehead atoms. The summed E-state index contributed by atoms with van der Waals surface area (Å²) >= 11 is 0. The van der Waals surface area contributed by atoms with Crippen LogP contribution in [0.15, 0.2) is 42.5 Å². The molecule has 0 aliphatic carbocycles. The normalized spacial score (nSPS) is 15.1. The lowest BCUT2D eigenvalue weighted by Gasteiger charge is -2.19. The van der Waals surface area contributed by atoms with Gasteiger partial charge in [-0.25, -0.2) is 0 Å². The van der Waals surface area contributed by atoms with Crippen molar-refractivity contribution in [3.8, 4) is 22.6 Å². The van der Waals surface area contributed by atoms with Gasteiger partial charge in [-0.3, -0.25) is 0 Å². The van der Waals surface area contributed by atoms with Crippen molar-refractivity contribution in [1.82, 2.24) is 0 Å². The third-order valence-electron chi connectivity index (χ3n) is 3.29. The number of fused-ring (bicyclic) bond motifs is 1. The minimum absolute atomic E-state index is 0.0390. The molecule has 1 unspecified atom stereocenters. The highest BCUT2D eigenvalue weighted by Crippen LogP contribution is 2.34. The van der Waals surface area contributed by atoms with E-state index >= 15 is 0 Å². The molecule has 0 spiro atoms. The third kappa shape index (κ3) is 2.42. The first-order valence-electron chi connectivity index (χ1n) is 6.49. The van der Waals surface area contributed by atoms with Gasteiger partial charge >= 0.3 is 0 Å². The smallest absolute Gasteiger partial charge is 0.161 e. The fourth-order valence-electron chi connectivity index (χ4n) is 2.22. The Morgan fingerprint density at radius 2 is 1.68 bits per heavy atom. The van der Waals surface area contributed by atoms with Crippen molar-refractivity contribution < 1.29 is 9.47 Å². The summed E-state index contributed by atoms with van der Waals surface area (Å²) in [5.74, 6) is 1.63. The molecule has 0 aromatic heterocycles. The molecule has 2 N–H and O–H groups in total. The summed E-state index contributed by atoms with van der Waals surface area (Å²) in [6.45, 7) is 3.21. The van der Waals surface area contributed by atoms with Gasteiger partial charge in [0.25, 0.3) is 0 Å². The number of hydrogen-bond acceptors (Lipinski definition) is 3. The van der Waals surface area contributed by atoms with Crippen LogP contribution < -0.4 is 15.2 Å². The molecule has 1 aliphatic rings. The van der Waals surface area contributed by atoms with E-state index in [0.29, 0.717) is 13.2 Å². The number of nitrogens with two attached hydrogens (primary N) is 1. The number of rotatable bonds is 2. The third-order valence-corrected chi connectivity index (χ3v) is 3.29. The summed E-state index contributed by atoms with van der Waals surface area (Å²) in [5, 5.41) is 0. The van der Waals surface area contributed by atoms with Crippen LogP contribution in [0.4, 0.5) is 0 Å². The first-order valence-corrected chi connectivity index (χ1v) is 6.49. The van der Waals surface area contributed by atoms with Crippen LogP contribution in [0.1, 0.15) is 18.5 Å². The SMILES string of the molecule is CC(N)c1cccc(-c2ccc3c(c2)OCCO3)c1. The van der Waals surface area contributed by atoms with Crippen LogP contribution in [0.3, 0.4) is 0 Å². The molecule has 3 heteroatoms. The van der Waals surface area contributed by atoms with Gasteiger partial charge in [0.15, 0.2) is 11.5 Å². The van der Waals surface area contributed by atoms with E-state index in [1.165, 1.54) is 0 Å². The second-order valence-electron chi connectivity index (χ2n) is 4.77. The molecule has 0 saturated carbocycles. The lowest BCUT2D eigenvalue weighted by atomic mass is 10.00. The predicted molar refractivity (Wildman–Crippen MR) is 75.5 cm³/mol. The number of ether oxygens (including phenoxy) is 2. The van der Waals surface area contributed by atoms with Crippen molar-refractivity contribution in [3.63, 3.8) is 0 Å². The largest absolute Gasteiger partial charge is 0.486 e. The van der Waals surface area contributed by atoms with E-state index in [-0.39, 0.29) is 6.04 Å². The second kappa shape index (κ2) is 4.94. The molecule has 0 fully saturated rings. The average molecular weight is 255 g/mol. The quantitative estimate of drug-likeness (QED) is 0.896. The Bertz CT molecular complexity index is 593. The molecule has 1 atom stereocenters. The highest BCUT2D eigenvalue weighted by Gasteiger charge is 2.12. The summed E-state index contributed by atoms with van der Waals surface area (Å²) in [6, 6.07) is 14.4. The Morgan fingerprint density at radius 3 is 2.47 bits per heavy atom. The molecule has 0 amide bonds. The maximum atomic E-state index is 5.93. The van der Waals surface area contributed by atoms with E-state index in [4.69, 9.17) is 15.2 Å². The van der Waals surface area contributed by atoms with Crippen molar-refractivity contribution in [1.29, 1.82) is 0 Å². The van der Waals surface area contributed by atoms with Gasteiger partial charge in [-0.15, -0.1) is 0 Å². The van der Waals surface area contributed by atoms with Gasteiger partial charge in [0.05, 0.1) is 0 Å². The average Bonchev–Trinajstić information content (AvgIpc) is 2.47. The summed E-state index contributed by atoms with van der Waals surface area (Å²) in [7, 11) is 0. The summed E-state index contributed by atoms with van der Waals surface area (Å²) in [4.78, 5) is 0. The molecular weight excluding hydrogens is 238 g/mol. The van der Waals surface area contributed by atoms with E-state index < -0.39 is 0 Å². The molecule has 19 heavy (non-hydrogen) atoms. The number of hydrogen-bond donors (Lipinski definition) is 1. The van der Waals surface area contributed by atoms with Crippen molar-refractivity contribution in [3.05, 3.63) is 48.0 Å². The highest BCUT2D eigenvalue weighted by atomic mass is 16.6. The van der Waals surface area contributed by atoms with Crippen LogP contribution in [-0.4, -0.2) is 13.2 Å². The topological polar surface area (TPSA) is 44.5 Å².